The van der Waals surface area contributed by atoms with Crippen LogP contribution in [0.4, 0.5) is 10.5 Å². The van der Waals surface area contributed by atoms with E-state index in [1.54, 1.807) is 10.7 Å². The highest BCUT2D eigenvalue weighted by atomic mass is 16.3. The van der Waals surface area contributed by atoms with Gasteiger partial charge in [-0.1, -0.05) is 12.1 Å². The molecule has 1 aromatic heterocycles. The second-order valence-corrected chi connectivity index (χ2v) is 5.97. The molecule has 2 aromatic rings. The molecule has 2 amide bonds. The minimum Gasteiger partial charge on any atom is -0.506 e. The Morgan fingerprint density at radius 3 is 2.67 bits per heavy atom. The first-order chi connectivity index (χ1) is 11.6. The van der Waals surface area contributed by atoms with Crippen LogP contribution in [0.25, 0.3) is 0 Å². The molecule has 2 heterocycles. The molecule has 0 aliphatic carbocycles. The Labute approximate surface area is 141 Å². The van der Waals surface area contributed by atoms with Crippen molar-refractivity contribution in [2.45, 2.75) is 6.42 Å². The Bertz CT molecular complexity index is 692. The van der Waals surface area contributed by atoms with Crippen LogP contribution in [0.3, 0.4) is 0 Å². The van der Waals surface area contributed by atoms with E-state index in [1.807, 2.05) is 42.5 Å². The third kappa shape index (κ3) is 3.79. The number of hydrogen-bond donors (Lipinski definition) is 2. The quantitative estimate of drug-likeness (QED) is 0.884. The zero-order chi connectivity index (χ0) is 16.9. The number of aromatic hydroxyl groups is 1. The number of nitrogens with zero attached hydrogens (tertiary/aromatic N) is 4. The number of piperazine rings is 1. The average Bonchev–Trinajstić information content (AvgIpc) is 3.01. The zero-order valence-electron chi connectivity index (χ0n) is 13.9. The summed E-state index contributed by atoms with van der Waals surface area (Å²) in [5, 5.41) is 17.0. The van der Waals surface area contributed by atoms with E-state index in [2.05, 4.69) is 15.3 Å². The first-order valence-corrected chi connectivity index (χ1v) is 8.17. The van der Waals surface area contributed by atoms with Crippen molar-refractivity contribution in [2.24, 2.45) is 7.05 Å². The molecule has 1 saturated heterocycles. The third-order valence-electron chi connectivity index (χ3n) is 4.24. The van der Waals surface area contributed by atoms with Gasteiger partial charge in [0.2, 0.25) is 0 Å². The van der Waals surface area contributed by atoms with Crippen molar-refractivity contribution in [3.63, 3.8) is 0 Å². The van der Waals surface area contributed by atoms with Gasteiger partial charge in [0.25, 0.3) is 0 Å². The van der Waals surface area contributed by atoms with Crippen molar-refractivity contribution < 1.29 is 9.90 Å². The largest absolute Gasteiger partial charge is 0.506 e. The van der Waals surface area contributed by atoms with Gasteiger partial charge in [-0.2, -0.15) is 5.10 Å². The molecule has 7 heteroatoms. The van der Waals surface area contributed by atoms with Crippen LogP contribution in [-0.4, -0.2) is 58.5 Å². The Hall–Kier alpha value is -2.70. The molecule has 1 aliphatic rings. The summed E-state index contributed by atoms with van der Waals surface area (Å²) in [4.78, 5) is 16.2. The van der Waals surface area contributed by atoms with Gasteiger partial charge in [0.15, 0.2) is 0 Å². The van der Waals surface area contributed by atoms with Gasteiger partial charge in [-0.25, -0.2) is 4.79 Å². The lowest BCUT2D eigenvalue weighted by Gasteiger charge is -2.36. The molecule has 7 nitrogen and oxygen atoms in total. The predicted molar refractivity (Wildman–Crippen MR) is 92.2 cm³/mol. The van der Waals surface area contributed by atoms with Crippen LogP contribution >= 0.6 is 0 Å². The molecular formula is C17H23N5O2. The van der Waals surface area contributed by atoms with Gasteiger partial charge in [0.1, 0.15) is 5.75 Å². The molecule has 1 aromatic carbocycles. The number of hydrogen-bond acceptors (Lipinski definition) is 4. The number of carbonyl (C=O) groups is 1. The minimum atomic E-state index is -0.0316. The van der Waals surface area contributed by atoms with Crippen molar-refractivity contribution in [3.8, 4) is 5.75 Å². The van der Waals surface area contributed by atoms with Crippen LogP contribution in [0.2, 0.25) is 0 Å². The number of phenols is 1. The fraction of sp³-hybridized carbons (Fsp3) is 0.412. The molecule has 0 spiro atoms. The minimum absolute atomic E-state index is 0.0316. The fourth-order valence-electron chi connectivity index (χ4n) is 2.91. The van der Waals surface area contributed by atoms with Gasteiger partial charge < -0.3 is 20.2 Å². The van der Waals surface area contributed by atoms with Crippen LogP contribution in [0.1, 0.15) is 5.56 Å². The van der Waals surface area contributed by atoms with E-state index in [0.29, 0.717) is 32.7 Å². The maximum Gasteiger partial charge on any atom is 0.317 e. The molecule has 0 atom stereocenters. The summed E-state index contributed by atoms with van der Waals surface area (Å²) in [6.45, 7) is 3.32. The molecule has 1 fully saturated rings. The van der Waals surface area contributed by atoms with E-state index in [9.17, 15) is 9.90 Å². The monoisotopic (exact) mass is 329 g/mol. The Morgan fingerprint density at radius 2 is 2.00 bits per heavy atom. The first kappa shape index (κ1) is 16.2. The lowest BCUT2D eigenvalue weighted by molar-refractivity contribution is 0.194. The highest BCUT2D eigenvalue weighted by Gasteiger charge is 2.22. The van der Waals surface area contributed by atoms with Crippen molar-refractivity contribution in [3.05, 3.63) is 42.2 Å². The van der Waals surface area contributed by atoms with Gasteiger partial charge in [0.05, 0.1) is 11.9 Å². The number of urea groups is 1. The molecule has 0 unspecified atom stereocenters. The maximum absolute atomic E-state index is 12.2. The van der Waals surface area contributed by atoms with Crippen LogP contribution in [0.15, 0.2) is 36.7 Å². The molecule has 0 radical (unpaired) electrons. The topological polar surface area (TPSA) is 73.6 Å². The van der Waals surface area contributed by atoms with Crippen molar-refractivity contribution in [1.29, 1.82) is 0 Å². The van der Waals surface area contributed by atoms with Crippen LogP contribution in [-0.2, 0) is 13.5 Å². The molecular weight excluding hydrogens is 306 g/mol. The molecule has 0 bridgehead atoms. The highest BCUT2D eigenvalue weighted by Crippen LogP contribution is 2.27. The van der Waals surface area contributed by atoms with E-state index in [-0.39, 0.29) is 11.8 Å². The standard InChI is InChI=1S/C17H23N5O2/c1-20-13-14(12-19-20)6-7-18-17(24)22-10-8-21(9-11-22)15-4-2-3-5-16(15)23/h2-5,12-13,23H,6-11H2,1H3,(H,18,24). The first-order valence-electron chi connectivity index (χ1n) is 8.17. The Balaban J connectivity index is 1.44. The van der Waals surface area contributed by atoms with E-state index < -0.39 is 0 Å². The van der Waals surface area contributed by atoms with Crippen molar-refractivity contribution >= 4 is 11.7 Å². The number of aryl methyl sites for hydroxylation is 1. The number of para-hydroxylation sites is 2. The number of rotatable bonds is 4. The van der Waals surface area contributed by atoms with Gasteiger partial charge in [-0.15, -0.1) is 0 Å². The summed E-state index contributed by atoms with van der Waals surface area (Å²) in [6.07, 6.45) is 4.55. The molecule has 3 rings (SSSR count). The highest BCUT2D eigenvalue weighted by molar-refractivity contribution is 5.74. The Kier molecular flexibility index (Phi) is 4.88. The van der Waals surface area contributed by atoms with Gasteiger partial charge in [-0.3, -0.25) is 4.68 Å². The predicted octanol–water partition coefficient (Wildman–Crippen LogP) is 1.20. The fourth-order valence-corrected chi connectivity index (χ4v) is 2.91. The molecule has 2 N–H and O–H groups in total. The second kappa shape index (κ2) is 7.25. The summed E-state index contributed by atoms with van der Waals surface area (Å²) in [5.41, 5.74) is 1.94. The molecule has 0 saturated carbocycles. The normalized spacial score (nSPS) is 14.7. The summed E-state index contributed by atoms with van der Waals surface area (Å²) in [6, 6.07) is 7.28. The van der Waals surface area contributed by atoms with E-state index >= 15 is 0 Å². The molecule has 24 heavy (non-hydrogen) atoms. The Morgan fingerprint density at radius 1 is 1.25 bits per heavy atom. The second-order valence-electron chi connectivity index (χ2n) is 5.97. The summed E-state index contributed by atoms with van der Waals surface area (Å²) < 4.78 is 1.76. The van der Waals surface area contributed by atoms with Crippen LogP contribution in [0, 0.1) is 0 Å². The third-order valence-corrected chi connectivity index (χ3v) is 4.24. The van der Waals surface area contributed by atoms with E-state index in [4.69, 9.17) is 0 Å². The molecule has 128 valence electrons. The number of nitrogens with one attached hydrogen (secondary N) is 1. The smallest absolute Gasteiger partial charge is 0.317 e. The average molecular weight is 329 g/mol. The summed E-state index contributed by atoms with van der Waals surface area (Å²) in [7, 11) is 1.88. The number of benzene rings is 1. The molecule has 1 aliphatic heterocycles. The lowest BCUT2D eigenvalue weighted by Crippen LogP contribution is -2.52. The summed E-state index contributed by atoms with van der Waals surface area (Å²) in [5.74, 6) is 0.284. The number of aromatic nitrogens is 2. The number of phenolic OH excluding ortho intramolecular Hbond substituents is 1. The van der Waals surface area contributed by atoms with E-state index in [1.165, 1.54) is 0 Å². The number of anilines is 1. The zero-order valence-corrected chi connectivity index (χ0v) is 13.9. The van der Waals surface area contributed by atoms with Crippen molar-refractivity contribution in [1.82, 2.24) is 20.0 Å². The van der Waals surface area contributed by atoms with Gasteiger partial charge in [0, 0.05) is 46.0 Å². The van der Waals surface area contributed by atoms with Crippen LogP contribution in [0.5, 0.6) is 5.75 Å². The van der Waals surface area contributed by atoms with Gasteiger partial charge in [-0.05, 0) is 24.1 Å². The number of carbonyl (C=O) groups excluding carboxylic acids is 1. The van der Waals surface area contributed by atoms with E-state index in [0.717, 1.165) is 17.7 Å². The SMILES string of the molecule is Cn1cc(CCNC(=O)N2CCN(c3ccccc3O)CC2)cn1. The lowest BCUT2D eigenvalue weighted by atomic mass is 10.2. The number of amides is 2. The van der Waals surface area contributed by atoms with Crippen LogP contribution < -0.4 is 10.2 Å². The van der Waals surface area contributed by atoms with Gasteiger partial charge >= 0.3 is 6.03 Å². The van der Waals surface area contributed by atoms with Crippen molar-refractivity contribution in [2.75, 3.05) is 37.6 Å². The summed E-state index contributed by atoms with van der Waals surface area (Å²) >= 11 is 0. The maximum atomic E-state index is 12.2.